The summed E-state index contributed by atoms with van der Waals surface area (Å²) in [5.74, 6) is 8.79. The van der Waals surface area contributed by atoms with Crippen LogP contribution >= 0.6 is 11.7 Å². The Hall–Kier alpha value is -2.10. The first-order valence-electron chi connectivity index (χ1n) is 8.64. The molecule has 0 amide bonds. The molecule has 2 saturated heterocycles. The SMILES string of the molecule is COc1cccc(C#CCOc2nsnc2C2CN3CCCC2C3)c1. The summed E-state index contributed by atoms with van der Waals surface area (Å²) in [4.78, 5) is 2.53. The molecule has 1 aromatic heterocycles. The first-order valence-corrected chi connectivity index (χ1v) is 9.37. The molecule has 2 fully saturated rings. The number of rotatable bonds is 4. The van der Waals surface area contributed by atoms with Crippen molar-refractivity contribution in [3.8, 4) is 23.5 Å². The Labute approximate surface area is 152 Å². The lowest BCUT2D eigenvalue weighted by Crippen LogP contribution is -2.25. The number of nitrogens with zero attached hydrogens (tertiary/aromatic N) is 3. The maximum atomic E-state index is 5.83. The van der Waals surface area contributed by atoms with E-state index in [4.69, 9.17) is 9.47 Å². The van der Waals surface area contributed by atoms with E-state index in [2.05, 4.69) is 25.5 Å². The van der Waals surface area contributed by atoms with Gasteiger partial charge >= 0.3 is 0 Å². The Morgan fingerprint density at radius 3 is 3.16 bits per heavy atom. The van der Waals surface area contributed by atoms with Gasteiger partial charge in [0.1, 0.15) is 11.4 Å². The molecule has 25 heavy (non-hydrogen) atoms. The van der Waals surface area contributed by atoms with Gasteiger partial charge < -0.3 is 14.4 Å². The predicted molar refractivity (Wildman–Crippen MR) is 97.2 cm³/mol. The van der Waals surface area contributed by atoms with Crippen molar-refractivity contribution in [3.63, 3.8) is 0 Å². The number of hydrogen-bond acceptors (Lipinski definition) is 6. The number of methoxy groups -OCH3 is 1. The number of aromatic nitrogens is 2. The van der Waals surface area contributed by atoms with Crippen molar-refractivity contribution >= 4 is 11.7 Å². The molecule has 2 aliphatic heterocycles. The average Bonchev–Trinajstić information content (AvgIpc) is 3.22. The van der Waals surface area contributed by atoms with Gasteiger partial charge in [0.15, 0.2) is 6.61 Å². The van der Waals surface area contributed by atoms with Crippen molar-refractivity contribution in [1.29, 1.82) is 0 Å². The van der Waals surface area contributed by atoms with E-state index in [9.17, 15) is 0 Å². The molecular weight excluding hydrogens is 334 g/mol. The molecule has 4 rings (SSSR count). The third kappa shape index (κ3) is 3.63. The average molecular weight is 355 g/mol. The zero-order chi connectivity index (χ0) is 17.1. The third-order valence-electron chi connectivity index (χ3n) is 4.98. The van der Waals surface area contributed by atoms with E-state index >= 15 is 0 Å². The standard InChI is InChI=1S/C19H21N3O2S/c1-23-16-8-2-5-14(11-16)6-4-10-24-19-18(20-25-21-19)17-13-22-9-3-7-15(17)12-22/h2,5,8,11,15,17H,3,7,9-10,12-13H2,1H3. The van der Waals surface area contributed by atoms with E-state index in [0.29, 0.717) is 24.3 Å². The third-order valence-corrected chi connectivity index (χ3v) is 5.51. The molecule has 0 N–H and O–H groups in total. The number of ether oxygens (including phenoxy) is 2. The molecule has 130 valence electrons. The molecule has 6 heteroatoms. The normalized spacial score (nSPS) is 24.4. The van der Waals surface area contributed by atoms with Gasteiger partial charge in [0.25, 0.3) is 0 Å². The fourth-order valence-electron chi connectivity index (χ4n) is 3.78. The number of hydrogen-bond donors (Lipinski definition) is 0. The number of fused-ring (bicyclic) bond motifs is 2. The van der Waals surface area contributed by atoms with Crippen LogP contribution in [0.25, 0.3) is 0 Å². The van der Waals surface area contributed by atoms with Crippen LogP contribution in [0.4, 0.5) is 0 Å². The van der Waals surface area contributed by atoms with Crippen LogP contribution in [0, 0.1) is 17.8 Å². The first-order chi connectivity index (χ1) is 12.3. The molecular formula is C19H21N3O2S. The smallest absolute Gasteiger partial charge is 0.250 e. The lowest BCUT2D eigenvalue weighted by Gasteiger charge is -2.21. The fraction of sp³-hybridized carbons (Fsp3) is 0.474. The van der Waals surface area contributed by atoms with E-state index in [0.717, 1.165) is 23.6 Å². The summed E-state index contributed by atoms with van der Waals surface area (Å²) in [5.41, 5.74) is 1.94. The van der Waals surface area contributed by atoms with Gasteiger partial charge in [-0.3, -0.25) is 0 Å². The second kappa shape index (κ2) is 7.42. The van der Waals surface area contributed by atoms with E-state index in [1.54, 1.807) is 7.11 Å². The van der Waals surface area contributed by atoms with Crippen molar-refractivity contribution in [3.05, 3.63) is 35.5 Å². The predicted octanol–water partition coefficient (Wildman–Crippen LogP) is 2.79. The van der Waals surface area contributed by atoms with Crippen LogP contribution in [0.5, 0.6) is 11.6 Å². The van der Waals surface area contributed by atoms with Crippen molar-refractivity contribution in [2.75, 3.05) is 33.4 Å². The van der Waals surface area contributed by atoms with Crippen LogP contribution in [0.15, 0.2) is 24.3 Å². The molecule has 3 heterocycles. The van der Waals surface area contributed by atoms with Crippen LogP contribution in [0.2, 0.25) is 0 Å². The van der Waals surface area contributed by atoms with Crippen molar-refractivity contribution in [2.24, 2.45) is 5.92 Å². The zero-order valence-corrected chi connectivity index (χ0v) is 15.1. The van der Waals surface area contributed by atoms with Crippen LogP contribution in [0.1, 0.15) is 30.0 Å². The lowest BCUT2D eigenvalue weighted by molar-refractivity contribution is 0.269. The molecule has 2 bridgehead atoms. The molecule has 5 nitrogen and oxygen atoms in total. The highest BCUT2D eigenvalue weighted by Gasteiger charge is 2.39. The molecule has 1 aromatic carbocycles. The van der Waals surface area contributed by atoms with E-state index in [1.807, 2.05) is 24.3 Å². The van der Waals surface area contributed by atoms with Gasteiger partial charge in [0.05, 0.1) is 18.8 Å². The number of piperidine rings is 1. The van der Waals surface area contributed by atoms with Crippen LogP contribution in [-0.4, -0.2) is 47.0 Å². The minimum atomic E-state index is 0.316. The monoisotopic (exact) mass is 355 g/mol. The molecule has 0 saturated carbocycles. The molecule has 0 radical (unpaired) electrons. The maximum absolute atomic E-state index is 5.83. The summed E-state index contributed by atoms with van der Waals surface area (Å²) >= 11 is 1.24. The Balaban J connectivity index is 1.40. The van der Waals surface area contributed by atoms with Gasteiger partial charge in [-0.15, -0.1) is 4.37 Å². The van der Waals surface area contributed by atoms with Gasteiger partial charge in [-0.2, -0.15) is 4.37 Å². The molecule has 3 unspecified atom stereocenters. The summed E-state index contributed by atoms with van der Waals surface area (Å²) < 4.78 is 19.9. The summed E-state index contributed by atoms with van der Waals surface area (Å²) in [6.07, 6.45) is 2.58. The summed E-state index contributed by atoms with van der Waals surface area (Å²) in [6, 6.07) is 7.71. The Kier molecular flexibility index (Phi) is 4.86. The van der Waals surface area contributed by atoms with Crippen LogP contribution in [-0.2, 0) is 0 Å². The molecule has 0 aliphatic carbocycles. The van der Waals surface area contributed by atoms with Gasteiger partial charge in [-0.25, -0.2) is 0 Å². The highest BCUT2D eigenvalue weighted by atomic mass is 32.1. The number of benzene rings is 1. The van der Waals surface area contributed by atoms with Gasteiger partial charge in [0, 0.05) is 24.6 Å². The molecule has 3 atom stereocenters. The summed E-state index contributed by atoms with van der Waals surface area (Å²) in [6.45, 7) is 3.81. The van der Waals surface area contributed by atoms with Gasteiger partial charge in [-0.05, 0) is 43.5 Å². The summed E-state index contributed by atoms with van der Waals surface area (Å²) in [5, 5.41) is 0. The second-order valence-corrected chi connectivity index (χ2v) is 7.07. The first kappa shape index (κ1) is 16.4. The Bertz CT molecular complexity index is 795. The zero-order valence-electron chi connectivity index (χ0n) is 14.3. The largest absolute Gasteiger partial charge is 0.497 e. The van der Waals surface area contributed by atoms with Crippen molar-refractivity contribution < 1.29 is 9.47 Å². The molecule has 2 aliphatic rings. The van der Waals surface area contributed by atoms with Crippen molar-refractivity contribution in [1.82, 2.24) is 13.6 Å². The molecule has 2 aromatic rings. The summed E-state index contributed by atoms with van der Waals surface area (Å²) in [7, 11) is 1.65. The van der Waals surface area contributed by atoms with Crippen molar-refractivity contribution in [2.45, 2.75) is 18.8 Å². The van der Waals surface area contributed by atoms with Crippen LogP contribution < -0.4 is 9.47 Å². The van der Waals surface area contributed by atoms with Crippen LogP contribution in [0.3, 0.4) is 0 Å². The fourth-order valence-corrected chi connectivity index (χ4v) is 4.34. The second-order valence-electron chi connectivity index (χ2n) is 6.55. The van der Waals surface area contributed by atoms with E-state index in [1.165, 1.54) is 37.7 Å². The van der Waals surface area contributed by atoms with E-state index < -0.39 is 0 Å². The quantitative estimate of drug-likeness (QED) is 0.790. The van der Waals surface area contributed by atoms with Gasteiger partial charge in [0.2, 0.25) is 5.88 Å². The topological polar surface area (TPSA) is 47.5 Å². The molecule has 0 spiro atoms. The lowest BCUT2D eigenvalue weighted by atomic mass is 9.89. The highest BCUT2D eigenvalue weighted by molar-refractivity contribution is 6.99. The highest BCUT2D eigenvalue weighted by Crippen LogP contribution is 2.40. The maximum Gasteiger partial charge on any atom is 0.250 e. The Morgan fingerprint density at radius 1 is 1.32 bits per heavy atom. The van der Waals surface area contributed by atoms with E-state index in [-0.39, 0.29) is 0 Å². The minimum Gasteiger partial charge on any atom is -0.497 e. The Morgan fingerprint density at radius 2 is 2.28 bits per heavy atom. The minimum absolute atomic E-state index is 0.316. The van der Waals surface area contributed by atoms with Gasteiger partial charge in [-0.1, -0.05) is 17.9 Å².